The van der Waals surface area contributed by atoms with Crippen molar-refractivity contribution in [2.75, 3.05) is 68.2 Å². The average Bonchev–Trinajstić information content (AvgIpc) is 2.90. The van der Waals surface area contributed by atoms with Crippen LogP contribution in [-0.4, -0.2) is 80.1 Å². The molecule has 196 valence electrons. The summed E-state index contributed by atoms with van der Waals surface area (Å²) in [5.41, 5.74) is 3.04. The summed E-state index contributed by atoms with van der Waals surface area (Å²) in [6.07, 6.45) is 3.08. The van der Waals surface area contributed by atoms with Crippen LogP contribution in [0.5, 0.6) is 0 Å². The fourth-order valence-corrected chi connectivity index (χ4v) is 5.03. The highest BCUT2D eigenvalue weighted by molar-refractivity contribution is 5.98. The van der Waals surface area contributed by atoms with E-state index >= 15 is 4.39 Å². The summed E-state index contributed by atoms with van der Waals surface area (Å²) in [6, 6.07) is 3.98. The van der Waals surface area contributed by atoms with Gasteiger partial charge in [-0.15, -0.1) is 0 Å². The van der Waals surface area contributed by atoms with E-state index in [9.17, 15) is 9.18 Å². The molecule has 1 N–H and O–H groups in total. The first-order chi connectivity index (χ1) is 17.9. The molecule has 2 saturated heterocycles. The highest BCUT2D eigenvalue weighted by Crippen LogP contribution is 2.38. The standard InChI is InChI=1S/C26H30F2N6O3/c1-16-15-33(26(35)36-3)4-5-34(16)25-17(2)24(23-21(28)10-18(27)11-22(23)31-25)30-19-12-20(14-29-13-19)32-6-8-37-9-7-32/h10-14,16H,4-9,15H2,1-3H3,(H,30,31)/t16-/m1/s1. The number of nitrogens with zero attached hydrogens (tertiary/aromatic N) is 5. The van der Waals surface area contributed by atoms with Crippen LogP contribution in [0.2, 0.25) is 0 Å². The largest absolute Gasteiger partial charge is 0.453 e. The zero-order valence-electron chi connectivity index (χ0n) is 21.1. The molecule has 0 aliphatic carbocycles. The summed E-state index contributed by atoms with van der Waals surface area (Å²) in [5, 5.41) is 3.56. The van der Waals surface area contributed by atoms with Crippen LogP contribution in [0.1, 0.15) is 12.5 Å². The summed E-state index contributed by atoms with van der Waals surface area (Å²) in [4.78, 5) is 27.0. The number of carbonyl (C=O) groups excluding carboxylic acids is 1. The van der Waals surface area contributed by atoms with Crippen molar-refractivity contribution in [2.45, 2.75) is 19.9 Å². The zero-order valence-corrected chi connectivity index (χ0v) is 21.1. The number of pyridine rings is 2. The normalized spacial score (nSPS) is 18.3. The third kappa shape index (κ3) is 4.95. The van der Waals surface area contributed by atoms with Gasteiger partial charge in [-0.05, 0) is 19.9 Å². The highest BCUT2D eigenvalue weighted by Gasteiger charge is 2.30. The molecular formula is C26H30F2N6O3. The summed E-state index contributed by atoms with van der Waals surface area (Å²) in [6.45, 7) is 8.05. The maximum atomic E-state index is 15.2. The SMILES string of the molecule is COC(=O)N1CCN(c2nc3cc(F)cc(F)c3c(Nc3cncc(N4CCOCC4)c3)c2C)[C@H](C)C1. The van der Waals surface area contributed by atoms with E-state index < -0.39 is 11.6 Å². The Kier molecular flexibility index (Phi) is 6.96. The molecule has 37 heavy (non-hydrogen) atoms. The van der Waals surface area contributed by atoms with Crippen LogP contribution in [0.4, 0.5) is 36.5 Å². The second-order valence-corrected chi connectivity index (χ2v) is 9.33. The Morgan fingerprint density at radius 1 is 1.14 bits per heavy atom. The predicted molar refractivity (Wildman–Crippen MR) is 138 cm³/mol. The number of rotatable bonds is 4. The number of aromatic nitrogens is 2. The van der Waals surface area contributed by atoms with Gasteiger partial charge in [0.1, 0.15) is 17.5 Å². The number of amides is 1. The van der Waals surface area contributed by atoms with Crippen molar-refractivity contribution in [1.29, 1.82) is 0 Å². The number of benzene rings is 1. The van der Waals surface area contributed by atoms with E-state index in [0.717, 1.165) is 24.8 Å². The van der Waals surface area contributed by atoms with Crippen LogP contribution >= 0.6 is 0 Å². The second-order valence-electron chi connectivity index (χ2n) is 9.33. The number of hydrogen-bond acceptors (Lipinski definition) is 8. The molecule has 1 atom stereocenters. The van der Waals surface area contributed by atoms with E-state index in [2.05, 4.69) is 25.1 Å². The lowest BCUT2D eigenvalue weighted by Crippen LogP contribution is -2.54. The van der Waals surface area contributed by atoms with Crippen LogP contribution in [0.15, 0.2) is 30.6 Å². The summed E-state index contributed by atoms with van der Waals surface area (Å²) in [7, 11) is 1.36. The molecule has 2 aromatic heterocycles. The quantitative estimate of drug-likeness (QED) is 0.560. The van der Waals surface area contributed by atoms with Gasteiger partial charge in [-0.25, -0.2) is 18.6 Å². The van der Waals surface area contributed by atoms with Gasteiger partial charge in [-0.2, -0.15) is 0 Å². The lowest BCUT2D eigenvalue weighted by atomic mass is 10.1. The Labute approximate surface area is 214 Å². The Bertz CT molecular complexity index is 1320. The van der Waals surface area contributed by atoms with Crippen molar-refractivity contribution in [2.24, 2.45) is 0 Å². The molecule has 11 heteroatoms. The lowest BCUT2D eigenvalue weighted by Gasteiger charge is -2.40. The molecule has 5 rings (SSSR count). The van der Waals surface area contributed by atoms with Gasteiger partial charge in [-0.3, -0.25) is 4.98 Å². The van der Waals surface area contributed by atoms with Crippen LogP contribution in [0.25, 0.3) is 10.9 Å². The Hall–Kier alpha value is -3.73. The van der Waals surface area contributed by atoms with Crippen molar-refractivity contribution in [3.05, 3.63) is 47.8 Å². The molecule has 1 amide bonds. The van der Waals surface area contributed by atoms with Gasteiger partial charge in [0.05, 0.1) is 60.7 Å². The molecule has 0 unspecified atom stereocenters. The fourth-order valence-electron chi connectivity index (χ4n) is 5.03. The molecule has 2 aliphatic rings. The number of carbonyl (C=O) groups is 1. The lowest BCUT2D eigenvalue weighted by molar-refractivity contribution is 0.115. The number of anilines is 4. The number of ether oxygens (including phenoxy) is 2. The minimum Gasteiger partial charge on any atom is -0.453 e. The molecule has 1 aromatic carbocycles. The van der Waals surface area contributed by atoms with E-state index in [-0.39, 0.29) is 23.0 Å². The average molecular weight is 513 g/mol. The molecule has 2 fully saturated rings. The molecule has 9 nitrogen and oxygen atoms in total. The first-order valence-electron chi connectivity index (χ1n) is 12.3. The number of piperazine rings is 1. The Morgan fingerprint density at radius 2 is 1.92 bits per heavy atom. The number of methoxy groups -OCH3 is 1. The third-order valence-electron chi connectivity index (χ3n) is 6.92. The molecule has 3 aromatic rings. The summed E-state index contributed by atoms with van der Waals surface area (Å²) < 4.78 is 39.7. The Morgan fingerprint density at radius 3 is 2.65 bits per heavy atom. The monoisotopic (exact) mass is 512 g/mol. The van der Waals surface area contributed by atoms with E-state index in [1.165, 1.54) is 13.2 Å². The number of fused-ring (bicyclic) bond motifs is 1. The van der Waals surface area contributed by atoms with E-state index in [1.54, 1.807) is 17.3 Å². The molecule has 4 heterocycles. The summed E-state index contributed by atoms with van der Waals surface area (Å²) >= 11 is 0. The van der Waals surface area contributed by atoms with Gasteiger partial charge in [0.2, 0.25) is 0 Å². The van der Waals surface area contributed by atoms with E-state index in [4.69, 9.17) is 9.47 Å². The van der Waals surface area contributed by atoms with Gasteiger partial charge < -0.3 is 29.5 Å². The van der Waals surface area contributed by atoms with Gasteiger partial charge >= 0.3 is 6.09 Å². The Balaban J connectivity index is 1.55. The number of halogens is 2. The van der Waals surface area contributed by atoms with Crippen molar-refractivity contribution in [3.8, 4) is 0 Å². The predicted octanol–water partition coefficient (Wildman–Crippen LogP) is 4.07. The van der Waals surface area contributed by atoms with Gasteiger partial charge in [-0.1, -0.05) is 0 Å². The first-order valence-corrected chi connectivity index (χ1v) is 12.3. The molecule has 0 bridgehead atoms. The molecule has 0 spiro atoms. The van der Waals surface area contributed by atoms with Gasteiger partial charge in [0.25, 0.3) is 0 Å². The third-order valence-corrected chi connectivity index (χ3v) is 6.92. The van der Waals surface area contributed by atoms with Crippen molar-refractivity contribution < 1.29 is 23.0 Å². The maximum Gasteiger partial charge on any atom is 0.409 e. The first kappa shape index (κ1) is 24.9. The molecule has 0 saturated carbocycles. The van der Waals surface area contributed by atoms with E-state index in [1.807, 2.05) is 19.9 Å². The topological polar surface area (TPSA) is 83.1 Å². The summed E-state index contributed by atoms with van der Waals surface area (Å²) in [5.74, 6) is -0.785. The number of nitrogens with one attached hydrogen (secondary N) is 1. The second kappa shape index (κ2) is 10.3. The highest BCUT2D eigenvalue weighted by atomic mass is 19.1. The van der Waals surface area contributed by atoms with Crippen molar-refractivity contribution in [1.82, 2.24) is 14.9 Å². The number of morpholine rings is 1. The van der Waals surface area contributed by atoms with E-state index in [0.29, 0.717) is 55.6 Å². The van der Waals surface area contributed by atoms with Crippen LogP contribution < -0.4 is 15.1 Å². The fraction of sp³-hybridized carbons (Fsp3) is 0.423. The number of hydrogen-bond donors (Lipinski definition) is 1. The van der Waals surface area contributed by atoms with Crippen LogP contribution in [-0.2, 0) is 9.47 Å². The van der Waals surface area contributed by atoms with Crippen LogP contribution in [0, 0.1) is 18.6 Å². The van der Waals surface area contributed by atoms with Gasteiger partial charge in [0.15, 0.2) is 0 Å². The van der Waals surface area contributed by atoms with Crippen LogP contribution in [0.3, 0.4) is 0 Å². The minimum absolute atomic E-state index is 0.0888. The molecule has 2 aliphatic heterocycles. The van der Waals surface area contributed by atoms with Gasteiger partial charge in [0, 0.05) is 56.5 Å². The molecule has 0 radical (unpaired) electrons. The zero-order chi connectivity index (χ0) is 26.1. The minimum atomic E-state index is -0.696. The maximum absolute atomic E-state index is 15.2. The smallest absolute Gasteiger partial charge is 0.409 e. The van der Waals surface area contributed by atoms with Crippen molar-refractivity contribution >= 4 is 39.9 Å². The molecular weight excluding hydrogens is 482 g/mol. The van der Waals surface area contributed by atoms with Crippen molar-refractivity contribution in [3.63, 3.8) is 0 Å².